The van der Waals surface area contributed by atoms with Gasteiger partial charge in [0.05, 0.1) is 0 Å². The van der Waals surface area contributed by atoms with Gasteiger partial charge in [0.1, 0.15) is 5.78 Å². The molecule has 0 rings (SSSR count). The van der Waals surface area contributed by atoms with E-state index in [1.54, 1.807) is 27.7 Å². The Hall–Kier alpha value is 2.36. The first-order valence-electron chi connectivity index (χ1n) is 4.54. The van der Waals surface area contributed by atoms with Crippen molar-refractivity contribution in [3.05, 3.63) is 0 Å². The molecule has 0 saturated heterocycles. The summed E-state index contributed by atoms with van der Waals surface area (Å²) < 4.78 is 0. The molecular formula is C11H30I3O3V. The van der Waals surface area contributed by atoms with Crippen LogP contribution in [0.2, 0.25) is 0 Å². The summed E-state index contributed by atoms with van der Waals surface area (Å²) in [4.78, 5) is 9.17. The Kier molecular flexibility index (Phi) is 65.1. The van der Waals surface area contributed by atoms with Gasteiger partial charge in [-0.15, -0.1) is 0 Å². The standard InChI is InChI=1S/2C3H8O.C3H6O.2CH4.3HI.V/c3*1-3(2)4;;;;;;/h2*3-4H,1-2H3;1-2H3;2*1H4;3*1H;/q;;;;;;;;+3/p-3. The molecule has 18 heavy (non-hydrogen) atoms. The third-order valence-corrected chi connectivity index (χ3v) is 0. The second-order valence-corrected chi connectivity index (χ2v) is 38.7. The molecule has 7 heteroatoms. The van der Waals surface area contributed by atoms with E-state index in [-0.39, 0.29) is 37.8 Å². The van der Waals surface area contributed by atoms with Crippen molar-refractivity contribution in [3.8, 4) is 0 Å². The van der Waals surface area contributed by atoms with Crippen LogP contribution in [0.4, 0.5) is 0 Å². The van der Waals surface area contributed by atoms with E-state index in [1.165, 1.54) is 13.8 Å². The predicted molar refractivity (Wildman–Crippen MR) is 107 cm³/mol. The Morgan fingerprint density at radius 1 is 0.889 bits per heavy atom. The summed E-state index contributed by atoms with van der Waals surface area (Å²) in [6.45, 7) is 9.94. The van der Waals surface area contributed by atoms with Gasteiger partial charge < -0.3 is 15.0 Å². The number of carbonyl (C=O) groups excluding carboxylic acids is 1. The van der Waals surface area contributed by atoms with E-state index in [1.807, 2.05) is 0 Å². The number of ketones is 1. The first-order valence-corrected chi connectivity index (χ1v) is 18.1. The van der Waals surface area contributed by atoms with E-state index in [0.29, 0.717) is 0 Å². The topological polar surface area (TPSA) is 57.5 Å². The Bertz CT molecular complexity index is 108. The third-order valence-electron chi connectivity index (χ3n) is 0. The second kappa shape index (κ2) is 31.7. The van der Waals surface area contributed by atoms with Crippen molar-refractivity contribution in [2.75, 3.05) is 0 Å². The Balaban J connectivity index is -0.0000000257. The summed E-state index contributed by atoms with van der Waals surface area (Å²) in [6, 6.07) is 0. The summed E-state index contributed by atoms with van der Waals surface area (Å²) in [5.74, 6) is 0.167. The van der Waals surface area contributed by atoms with Crippen LogP contribution < -0.4 is 0 Å². The average Bonchev–Trinajstić information content (AvgIpc) is 1.76. The molecule has 3 nitrogen and oxygen atoms in total. The molecule has 0 fully saturated rings. The monoisotopic (exact) mass is 642 g/mol. The molecule has 0 atom stereocenters. The van der Waals surface area contributed by atoms with Gasteiger partial charge in [-0.05, 0) is 41.5 Å². The first kappa shape index (κ1) is 37.0. The molecule has 0 bridgehead atoms. The van der Waals surface area contributed by atoms with Crippen LogP contribution >= 0.6 is 59.9 Å². The average molecular weight is 642 g/mol. The molecule has 0 spiro atoms. The van der Waals surface area contributed by atoms with Crippen LogP contribution in [-0.2, 0) is 9.72 Å². The SMILES string of the molecule is C.C.CC(C)=O.CC(C)O.CC(C)O.[I][V]([I])[I]. The molecule has 0 aromatic heterocycles. The minimum atomic E-state index is -0.278. The van der Waals surface area contributed by atoms with E-state index >= 15 is 0 Å². The zero-order valence-corrected chi connectivity index (χ0v) is 18.4. The van der Waals surface area contributed by atoms with Gasteiger partial charge >= 0.3 is 64.9 Å². The molecule has 0 aromatic rings. The van der Waals surface area contributed by atoms with Crippen LogP contribution in [0.15, 0.2) is 0 Å². The maximum absolute atomic E-state index is 9.44. The predicted octanol–water partition coefficient (Wildman–Crippen LogP) is 5.30. The number of hydrogen-bond donors (Lipinski definition) is 2. The molecule has 0 amide bonds. The minimum absolute atomic E-state index is 0. The van der Waals surface area contributed by atoms with Gasteiger partial charge in [-0.2, -0.15) is 0 Å². The number of aliphatic hydroxyl groups excluding tert-OH is 2. The van der Waals surface area contributed by atoms with Crippen molar-refractivity contribution in [2.45, 2.75) is 68.6 Å². The molecule has 0 aromatic carbocycles. The number of carbonyl (C=O) groups is 1. The number of rotatable bonds is 0. The Morgan fingerprint density at radius 3 is 0.889 bits per heavy atom. The van der Waals surface area contributed by atoms with Crippen molar-refractivity contribution < 1.29 is 19.9 Å². The van der Waals surface area contributed by atoms with Crippen molar-refractivity contribution >= 4 is 65.7 Å². The van der Waals surface area contributed by atoms with Crippen LogP contribution in [0.5, 0.6) is 0 Å². The van der Waals surface area contributed by atoms with Crippen LogP contribution in [-0.4, -0.2) is 28.2 Å². The summed E-state index contributed by atoms with van der Waals surface area (Å²) in [7, 11) is 0. The van der Waals surface area contributed by atoms with Crippen LogP contribution in [0.3, 0.4) is 0 Å². The molecular weight excluding hydrogens is 612 g/mol. The molecule has 2 N–H and O–H groups in total. The normalized spacial score (nSPS) is 7.44. The first-order chi connectivity index (χ1) is 6.93. The number of hydrogen-bond acceptors (Lipinski definition) is 3. The maximum atomic E-state index is 9.44. The van der Waals surface area contributed by atoms with E-state index in [0.717, 1.165) is 0 Å². The van der Waals surface area contributed by atoms with Gasteiger partial charge in [-0.3, -0.25) is 0 Å². The van der Waals surface area contributed by atoms with E-state index in [2.05, 4.69) is 59.9 Å². The van der Waals surface area contributed by atoms with Crippen LogP contribution in [0, 0.1) is 0 Å². The zero-order chi connectivity index (χ0) is 14.3. The number of Topliss-reactive ketones (excluding diaryl/α,β-unsaturated/α-hetero) is 1. The van der Waals surface area contributed by atoms with E-state index in [4.69, 9.17) is 10.2 Å². The second-order valence-electron chi connectivity index (χ2n) is 3.29. The van der Waals surface area contributed by atoms with Crippen molar-refractivity contribution in [1.29, 1.82) is 0 Å². The van der Waals surface area contributed by atoms with Crippen molar-refractivity contribution in [1.82, 2.24) is 0 Å². The fraction of sp³-hybridized carbons (Fsp3) is 0.909. The Morgan fingerprint density at radius 2 is 0.889 bits per heavy atom. The molecule has 0 radical (unpaired) electrons. The molecule has 0 saturated carbocycles. The van der Waals surface area contributed by atoms with E-state index in [9.17, 15) is 4.79 Å². The van der Waals surface area contributed by atoms with Crippen molar-refractivity contribution in [2.24, 2.45) is 0 Å². The quantitative estimate of drug-likeness (QED) is 0.354. The fourth-order valence-electron chi connectivity index (χ4n) is 0. The summed E-state index contributed by atoms with van der Waals surface area (Å²) >= 11 is 7.39. The molecule has 0 aliphatic heterocycles. The zero-order valence-electron chi connectivity index (χ0n) is 10.5. The molecule has 0 unspecified atom stereocenters. The van der Waals surface area contributed by atoms with Crippen LogP contribution in [0.1, 0.15) is 56.4 Å². The van der Waals surface area contributed by atoms with Gasteiger partial charge in [0, 0.05) is 12.2 Å². The molecule has 0 aliphatic rings. The van der Waals surface area contributed by atoms with Gasteiger partial charge in [-0.25, -0.2) is 0 Å². The van der Waals surface area contributed by atoms with Crippen molar-refractivity contribution in [3.63, 3.8) is 0 Å². The van der Waals surface area contributed by atoms with Crippen LogP contribution in [0.25, 0.3) is 0 Å². The number of halogens is 3. The summed E-state index contributed by atoms with van der Waals surface area (Å²) in [5.41, 5.74) is 0. The van der Waals surface area contributed by atoms with Gasteiger partial charge in [0.15, 0.2) is 0 Å². The Labute approximate surface area is 152 Å². The van der Waals surface area contributed by atoms with E-state index < -0.39 is 0 Å². The van der Waals surface area contributed by atoms with Gasteiger partial charge in [0.2, 0.25) is 0 Å². The molecule has 0 aliphatic carbocycles. The van der Waals surface area contributed by atoms with Gasteiger partial charge in [0.25, 0.3) is 0 Å². The number of aliphatic hydroxyl groups is 2. The van der Waals surface area contributed by atoms with Gasteiger partial charge in [-0.1, -0.05) is 14.9 Å². The fourth-order valence-corrected chi connectivity index (χ4v) is 0. The third kappa shape index (κ3) is 990. The molecule has 0 heterocycles. The summed E-state index contributed by atoms with van der Waals surface area (Å²) in [5, 5.41) is 16.1. The summed E-state index contributed by atoms with van der Waals surface area (Å²) in [6.07, 6.45) is -0.333. The molecule has 118 valence electrons.